The van der Waals surface area contributed by atoms with Gasteiger partial charge in [-0.3, -0.25) is 0 Å². The monoisotopic (exact) mass is 706 g/mol. The summed E-state index contributed by atoms with van der Waals surface area (Å²) in [7, 11) is 0. The lowest BCUT2D eigenvalue weighted by Crippen LogP contribution is -2.44. The molecule has 8 atom stereocenters. The van der Waals surface area contributed by atoms with Crippen molar-refractivity contribution in [1.29, 1.82) is 0 Å². The number of rotatable bonds is 18. The molecule has 0 saturated carbocycles. The summed E-state index contributed by atoms with van der Waals surface area (Å²) in [5.41, 5.74) is -1.29. The number of nitrogens with one attached hydrogen (secondary N) is 1. The molecule has 20 heteroatoms. The van der Waals surface area contributed by atoms with Gasteiger partial charge in [0.2, 0.25) is 0 Å². The van der Waals surface area contributed by atoms with Crippen LogP contribution in [-0.2, 0) is 16.0 Å². The van der Waals surface area contributed by atoms with Gasteiger partial charge in [-0.15, -0.1) is 10.2 Å². The van der Waals surface area contributed by atoms with Crippen LogP contribution in [-0.4, -0.2) is 148 Å². The number of anilines is 1. The zero-order valence-electron chi connectivity index (χ0n) is 26.3. The highest BCUT2D eigenvalue weighted by Crippen LogP contribution is 2.27. The van der Waals surface area contributed by atoms with Gasteiger partial charge in [0, 0.05) is 31.7 Å². The summed E-state index contributed by atoms with van der Waals surface area (Å²) >= 11 is 0.868. The number of aliphatic hydroxyl groups excluding tert-OH is 6. The third-order valence-corrected chi connectivity index (χ3v) is 8.72. The van der Waals surface area contributed by atoms with Crippen molar-refractivity contribution in [2.75, 3.05) is 50.2 Å². The molecule has 268 valence electrons. The molecule has 2 aromatic heterocycles. The molecule has 4 unspecified atom stereocenters. The van der Waals surface area contributed by atoms with E-state index in [4.69, 9.17) is 9.47 Å². The summed E-state index contributed by atoms with van der Waals surface area (Å²) in [5.74, 6) is -4.18. The number of halogens is 3. The molecule has 48 heavy (non-hydrogen) atoms. The van der Waals surface area contributed by atoms with E-state index in [9.17, 15) is 43.8 Å². The predicted molar refractivity (Wildman–Crippen MR) is 165 cm³/mol. The van der Waals surface area contributed by atoms with Crippen molar-refractivity contribution < 1.29 is 53.3 Å². The van der Waals surface area contributed by atoms with Crippen molar-refractivity contribution in [3.63, 3.8) is 0 Å². The van der Waals surface area contributed by atoms with E-state index in [1.165, 1.54) is 24.7 Å². The van der Waals surface area contributed by atoms with Gasteiger partial charge in [-0.05, 0) is 26.0 Å². The van der Waals surface area contributed by atoms with Gasteiger partial charge in [0.05, 0.1) is 50.3 Å². The van der Waals surface area contributed by atoms with Gasteiger partial charge in [0.25, 0.3) is 0 Å². The summed E-state index contributed by atoms with van der Waals surface area (Å²) in [6.45, 7) is 4.23. The Hall–Kier alpha value is -2.92. The molecular weight excluding hydrogens is 665 g/mol. The Morgan fingerprint density at radius 3 is 2.19 bits per heavy atom. The van der Waals surface area contributed by atoms with E-state index >= 15 is 0 Å². The number of hydrogen-bond acceptors (Lipinski definition) is 15. The largest absolute Gasteiger partial charge is 0.394 e. The van der Waals surface area contributed by atoms with Crippen LogP contribution < -0.4 is 10.2 Å². The van der Waals surface area contributed by atoms with Crippen molar-refractivity contribution in [3.05, 3.63) is 42.0 Å². The van der Waals surface area contributed by atoms with Crippen LogP contribution in [0.15, 0.2) is 24.5 Å². The molecule has 1 aromatic carbocycles. The number of nitrogens with zero attached hydrogens (tertiary/aromatic N) is 7. The fourth-order valence-corrected chi connectivity index (χ4v) is 5.93. The van der Waals surface area contributed by atoms with Crippen LogP contribution in [0, 0.1) is 17.5 Å². The van der Waals surface area contributed by atoms with Gasteiger partial charge in [-0.25, -0.2) is 22.5 Å². The van der Waals surface area contributed by atoms with Gasteiger partial charge >= 0.3 is 0 Å². The minimum atomic E-state index is -1.63. The molecule has 3 aromatic rings. The van der Waals surface area contributed by atoms with Crippen LogP contribution in [0.3, 0.4) is 0 Å². The molecule has 0 amide bonds. The minimum Gasteiger partial charge on any atom is -0.394 e. The Morgan fingerprint density at radius 2 is 1.58 bits per heavy atom. The molecule has 16 nitrogen and oxygen atoms in total. The predicted octanol–water partition coefficient (Wildman–Crippen LogP) is -1.14. The molecular formula is C28H41F3N8O8S. The van der Waals surface area contributed by atoms with E-state index in [-0.39, 0.29) is 23.7 Å². The fraction of sp³-hybridized carbons (Fsp3) is 0.643. The average molecular weight is 707 g/mol. The lowest BCUT2D eigenvalue weighted by molar-refractivity contribution is -0.101. The van der Waals surface area contributed by atoms with E-state index in [2.05, 4.69) is 25.9 Å². The standard InChI is InChI=1S/C28H41F3N8O8S/c1-15(42)22(12-40)47-28(21(44)10-38-9-20(33-35-38)17-7-18(29)25(31)19(30)8-17)48-14-46-23(13-41)27(45)26(16(2)43)39-11-24(34-36-39)37-5-3-32-4-6-37/h7-9,11,15-16,21-23,26-28,32,40-45H,3-6,10,12-14H2,1-2H3/t15-,16+,21+,22?,23-,26?,27?,28?/m1/s1. The van der Waals surface area contributed by atoms with E-state index in [0.29, 0.717) is 18.9 Å². The average Bonchev–Trinajstić information content (AvgIpc) is 3.73. The Morgan fingerprint density at radius 1 is 0.917 bits per heavy atom. The third-order valence-electron chi connectivity index (χ3n) is 7.70. The maximum Gasteiger partial charge on any atom is 0.194 e. The van der Waals surface area contributed by atoms with Crippen LogP contribution in [0.25, 0.3) is 11.3 Å². The first-order chi connectivity index (χ1) is 22.9. The zero-order chi connectivity index (χ0) is 35.0. The Balaban J connectivity index is 1.42. The van der Waals surface area contributed by atoms with E-state index in [0.717, 1.165) is 41.7 Å². The molecule has 0 radical (unpaired) electrons. The van der Waals surface area contributed by atoms with Crippen LogP contribution in [0.2, 0.25) is 0 Å². The molecule has 4 rings (SSSR count). The van der Waals surface area contributed by atoms with Gasteiger partial charge in [-0.2, -0.15) is 0 Å². The summed E-state index contributed by atoms with van der Waals surface area (Å²) < 4.78 is 54.8. The van der Waals surface area contributed by atoms with Crippen molar-refractivity contribution >= 4 is 17.6 Å². The summed E-state index contributed by atoms with van der Waals surface area (Å²) in [4.78, 5) is 2.00. The second-order valence-electron chi connectivity index (χ2n) is 11.3. The number of hydrogen-bond donors (Lipinski definition) is 7. The Labute approximate surface area is 278 Å². The number of piperazine rings is 1. The molecule has 0 spiro atoms. The number of aromatic nitrogens is 6. The first-order valence-corrected chi connectivity index (χ1v) is 16.2. The SMILES string of the molecule is C[C@H](O)C(C(O)[C@@H](CO)OCSC(OC(CO)[C@@H](C)O)[C@@H](O)Cn1cc(-c2cc(F)c(F)c(F)c2)nn1)n1cc(N2CCNCC2)nn1. The molecule has 1 aliphatic heterocycles. The second kappa shape index (κ2) is 17.7. The number of aliphatic hydroxyl groups is 6. The Kier molecular flexibility index (Phi) is 13.9. The molecule has 7 N–H and O–H groups in total. The van der Waals surface area contributed by atoms with Crippen LogP contribution >= 0.6 is 11.8 Å². The Bertz CT molecular complexity index is 1410. The number of benzene rings is 1. The van der Waals surface area contributed by atoms with Gasteiger partial charge in [-0.1, -0.05) is 22.2 Å². The normalized spacial score (nSPS) is 19.0. The van der Waals surface area contributed by atoms with Crippen LogP contribution in [0.1, 0.15) is 19.9 Å². The second-order valence-corrected chi connectivity index (χ2v) is 12.3. The quantitative estimate of drug-likeness (QED) is 0.0615. The van der Waals surface area contributed by atoms with E-state index in [1.807, 2.05) is 4.90 Å². The first kappa shape index (κ1) is 37.9. The minimum absolute atomic E-state index is 0.00875. The van der Waals surface area contributed by atoms with Crippen molar-refractivity contribution in [3.8, 4) is 11.3 Å². The van der Waals surface area contributed by atoms with Gasteiger partial charge in [0.15, 0.2) is 23.3 Å². The third kappa shape index (κ3) is 9.61. The lowest BCUT2D eigenvalue weighted by Gasteiger charge is -2.32. The maximum absolute atomic E-state index is 13.7. The highest BCUT2D eigenvalue weighted by molar-refractivity contribution is 7.99. The number of thioether (sulfide) groups is 1. The van der Waals surface area contributed by atoms with E-state index in [1.54, 1.807) is 6.20 Å². The summed E-state index contributed by atoms with van der Waals surface area (Å²) in [5, 5.41) is 81.7. The van der Waals surface area contributed by atoms with Crippen LogP contribution in [0.4, 0.5) is 19.0 Å². The molecule has 3 heterocycles. The fourth-order valence-electron chi connectivity index (χ4n) is 5.01. The topological polar surface area (TPSA) is 217 Å². The smallest absolute Gasteiger partial charge is 0.194 e. The molecule has 0 aliphatic carbocycles. The number of ether oxygens (including phenoxy) is 2. The highest BCUT2D eigenvalue weighted by Gasteiger charge is 2.35. The summed E-state index contributed by atoms with van der Waals surface area (Å²) in [6, 6.07) is 0.450. The highest BCUT2D eigenvalue weighted by atomic mass is 32.2. The summed E-state index contributed by atoms with van der Waals surface area (Å²) in [6.07, 6.45) is -4.63. The zero-order valence-corrected chi connectivity index (χ0v) is 27.1. The van der Waals surface area contributed by atoms with Gasteiger partial charge < -0.3 is 50.3 Å². The molecule has 1 aliphatic rings. The van der Waals surface area contributed by atoms with Crippen LogP contribution in [0.5, 0.6) is 0 Å². The lowest BCUT2D eigenvalue weighted by atomic mass is 10.0. The molecule has 1 saturated heterocycles. The molecule has 0 bridgehead atoms. The van der Waals surface area contributed by atoms with Crippen molar-refractivity contribution in [2.45, 2.75) is 68.5 Å². The molecule has 1 fully saturated rings. The van der Waals surface area contributed by atoms with E-state index < -0.39 is 78.8 Å². The van der Waals surface area contributed by atoms with Crippen molar-refractivity contribution in [1.82, 2.24) is 35.3 Å². The van der Waals surface area contributed by atoms with Gasteiger partial charge in [0.1, 0.15) is 41.6 Å². The maximum atomic E-state index is 13.7. The van der Waals surface area contributed by atoms with Crippen molar-refractivity contribution in [2.24, 2.45) is 0 Å². The first-order valence-electron chi connectivity index (χ1n) is 15.2.